The van der Waals surface area contributed by atoms with Crippen molar-refractivity contribution >= 4 is 11.6 Å². The van der Waals surface area contributed by atoms with Gasteiger partial charge in [-0.2, -0.15) is 0 Å². The van der Waals surface area contributed by atoms with Gasteiger partial charge in [-0.1, -0.05) is 5.16 Å². The fourth-order valence-corrected chi connectivity index (χ4v) is 1.75. The third kappa shape index (κ3) is 2.78. The molecule has 1 amide bonds. The van der Waals surface area contributed by atoms with Crippen LogP contribution in [-0.4, -0.2) is 27.8 Å². The Hall–Kier alpha value is -1.92. The molecule has 7 heteroatoms. The number of nitrogens with two attached hydrogens (primary N) is 1. The molecular formula is C9H13N3O4. The van der Waals surface area contributed by atoms with Gasteiger partial charge in [-0.05, 0) is 25.3 Å². The highest BCUT2D eigenvalue weighted by Gasteiger charge is 2.29. The molecule has 0 radical (unpaired) electrons. The number of carbonyl (C=O) groups excluding carboxylic acids is 1. The number of primary amides is 1. The van der Waals surface area contributed by atoms with Gasteiger partial charge >= 0.3 is 0 Å². The Labute approximate surface area is 91.8 Å². The Morgan fingerprint density at radius 2 is 2.31 bits per heavy atom. The van der Waals surface area contributed by atoms with Gasteiger partial charge in [-0.3, -0.25) is 14.9 Å². The summed E-state index contributed by atoms with van der Waals surface area (Å²) in [5.74, 6) is -0.900. The molecule has 1 unspecified atom stereocenters. The number of nitrogens with zero attached hydrogens (tertiary/aromatic N) is 2. The minimum absolute atomic E-state index is 0.344. The molecule has 1 saturated carbocycles. The third-order valence-corrected chi connectivity index (χ3v) is 2.56. The molecule has 0 aliphatic heterocycles. The maximum absolute atomic E-state index is 10.8. The number of hydrogen-bond acceptors (Lipinski definition) is 5. The summed E-state index contributed by atoms with van der Waals surface area (Å²) in [6, 6.07) is -0.801. The Morgan fingerprint density at radius 1 is 1.62 bits per heavy atom. The topological polar surface area (TPSA) is 119 Å². The summed E-state index contributed by atoms with van der Waals surface area (Å²) in [7, 11) is 0. The molecule has 88 valence electrons. The van der Waals surface area contributed by atoms with Crippen LogP contribution in [0.1, 0.15) is 25.7 Å². The Bertz CT molecular complexity index is 362. The lowest BCUT2D eigenvalue weighted by atomic mass is 9.89. The molecule has 1 atom stereocenters. The molecule has 1 rings (SSSR count). The summed E-state index contributed by atoms with van der Waals surface area (Å²) in [5.41, 5.74) is 5.09. The lowest BCUT2D eigenvalue weighted by molar-refractivity contribution is -0.514. The number of amides is 1. The second kappa shape index (κ2) is 5.24. The van der Waals surface area contributed by atoms with E-state index < -0.39 is 11.9 Å². The minimum Gasteiger partial charge on any atom is -0.410 e. The number of hydrogen-bond donors (Lipinski definition) is 2. The Kier molecular flexibility index (Phi) is 3.98. The molecule has 0 aromatic carbocycles. The third-order valence-electron chi connectivity index (χ3n) is 2.56. The maximum atomic E-state index is 10.8. The van der Waals surface area contributed by atoms with E-state index in [1.165, 1.54) is 6.08 Å². The molecule has 0 spiro atoms. The zero-order valence-electron chi connectivity index (χ0n) is 8.63. The fraction of sp³-hybridized carbons (Fsp3) is 0.556. The lowest BCUT2D eigenvalue weighted by Crippen LogP contribution is -2.28. The van der Waals surface area contributed by atoms with Crippen molar-refractivity contribution in [3.05, 3.63) is 21.8 Å². The smallest absolute Gasteiger partial charge is 0.270 e. The van der Waals surface area contributed by atoms with Crippen molar-refractivity contribution in [2.45, 2.75) is 31.7 Å². The van der Waals surface area contributed by atoms with E-state index in [2.05, 4.69) is 5.16 Å². The maximum Gasteiger partial charge on any atom is 0.270 e. The van der Waals surface area contributed by atoms with E-state index in [9.17, 15) is 14.9 Å². The van der Waals surface area contributed by atoms with Gasteiger partial charge in [0, 0.05) is 16.9 Å². The molecule has 0 bridgehead atoms. The van der Waals surface area contributed by atoms with Crippen molar-refractivity contribution in [1.29, 1.82) is 0 Å². The van der Waals surface area contributed by atoms with Gasteiger partial charge < -0.3 is 10.9 Å². The molecule has 0 saturated heterocycles. The minimum atomic E-state index is -0.900. The normalized spacial score (nSPS) is 24.4. The van der Waals surface area contributed by atoms with Crippen molar-refractivity contribution in [2.75, 3.05) is 0 Å². The molecule has 7 nitrogen and oxygen atoms in total. The average Bonchev–Trinajstić information content (AvgIpc) is 2.25. The van der Waals surface area contributed by atoms with Crippen molar-refractivity contribution in [3.8, 4) is 0 Å². The van der Waals surface area contributed by atoms with Crippen molar-refractivity contribution in [1.82, 2.24) is 0 Å². The van der Waals surface area contributed by atoms with E-state index in [4.69, 9.17) is 10.9 Å². The van der Waals surface area contributed by atoms with Crippen molar-refractivity contribution < 1.29 is 14.9 Å². The molecule has 16 heavy (non-hydrogen) atoms. The van der Waals surface area contributed by atoms with Crippen LogP contribution in [0.2, 0.25) is 0 Å². The first-order valence-corrected chi connectivity index (χ1v) is 4.92. The molecule has 0 heterocycles. The average molecular weight is 227 g/mol. The molecular weight excluding hydrogens is 214 g/mol. The van der Waals surface area contributed by atoms with Gasteiger partial charge in [-0.15, -0.1) is 0 Å². The van der Waals surface area contributed by atoms with Gasteiger partial charge in [0.15, 0.2) is 5.71 Å². The lowest BCUT2D eigenvalue weighted by Gasteiger charge is -2.18. The quantitative estimate of drug-likeness (QED) is 0.314. The van der Waals surface area contributed by atoms with Crippen LogP contribution in [0.5, 0.6) is 0 Å². The van der Waals surface area contributed by atoms with Gasteiger partial charge in [0.05, 0.1) is 0 Å². The predicted octanol–water partition coefficient (Wildman–Crippen LogP) is 0.448. The Morgan fingerprint density at radius 3 is 2.81 bits per heavy atom. The molecule has 3 N–H and O–H groups in total. The van der Waals surface area contributed by atoms with Crippen LogP contribution in [0.25, 0.3) is 0 Å². The zero-order valence-corrected chi connectivity index (χ0v) is 8.63. The van der Waals surface area contributed by atoms with E-state index in [1.807, 2.05) is 0 Å². The van der Waals surface area contributed by atoms with E-state index >= 15 is 0 Å². The first-order chi connectivity index (χ1) is 7.56. The highest BCUT2D eigenvalue weighted by Crippen LogP contribution is 2.25. The summed E-state index contributed by atoms with van der Waals surface area (Å²) in [6.45, 7) is 0. The Balaban J connectivity index is 2.94. The van der Waals surface area contributed by atoms with Crippen LogP contribution < -0.4 is 5.73 Å². The highest BCUT2D eigenvalue weighted by molar-refractivity contribution is 6.42. The molecule has 1 aliphatic carbocycles. The van der Waals surface area contributed by atoms with E-state index in [-0.39, 0.29) is 10.6 Å². The van der Waals surface area contributed by atoms with Gasteiger partial charge in [0.25, 0.3) is 5.91 Å². The van der Waals surface area contributed by atoms with Crippen LogP contribution in [0.4, 0.5) is 0 Å². The summed E-state index contributed by atoms with van der Waals surface area (Å²) in [5, 5.41) is 22.0. The van der Waals surface area contributed by atoms with E-state index in [1.54, 1.807) is 0 Å². The SMILES string of the molecule is NC(=O)C(/C=C1/CCCCC1[N+](=O)[O-])=N\O. The largest absolute Gasteiger partial charge is 0.410 e. The second-order valence-electron chi connectivity index (χ2n) is 3.62. The first-order valence-electron chi connectivity index (χ1n) is 4.92. The zero-order chi connectivity index (χ0) is 12.1. The van der Waals surface area contributed by atoms with Gasteiger partial charge in [0.2, 0.25) is 6.04 Å². The second-order valence-corrected chi connectivity index (χ2v) is 3.62. The number of oxime groups is 1. The number of nitro groups is 1. The van der Waals surface area contributed by atoms with Crippen LogP contribution >= 0.6 is 0 Å². The van der Waals surface area contributed by atoms with Crippen molar-refractivity contribution in [2.24, 2.45) is 10.9 Å². The standard InChI is InChI=1S/C9H13N3O4/c10-9(13)7(11-14)5-6-3-1-2-4-8(6)12(15)16/h5,8,14H,1-4H2,(H2,10,13)/b6-5-,11-7-. The summed E-state index contributed by atoms with van der Waals surface area (Å²) in [4.78, 5) is 21.2. The fourth-order valence-electron chi connectivity index (χ4n) is 1.75. The molecule has 0 aromatic heterocycles. The molecule has 1 aliphatic rings. The predicted molar refractivity (Wildman–Crippen MR) is 55.7 cm³/mol. The van der Waals surface area contributed by atoms with E-state index in [0.29, 0.717) is 18.4 Å². The van der Waals surface area contributed by atoms with E-state index in [0.717, 1.165) is 12.8 Å². The monoisotopic (exact) mass is 227 g/mol. The first kappa shape index (κ1) is 12.2. The van der Waals surface area contributed by atoms with Crippen LogP contribution in [0.15, 0.2) is 16.8 Å². The van der Waals surface area contributed by atoms with Gasteiger partial charge in [-0.25, -0.2) is 0 Å². The number of carbonyl (C=O) groups is 1. The highest BCUT2D eigenvalue weighted by atomic mass is 16.6. The van der Waals surface area contributed by atoms with Crippen molar-refractivity contribution in [3.63, 3.8) is 0 Å². The number of rotatable bonds is 3. The summed E-state index contributed by atoms with van der Waals surface area (Å²) in [6.07, 6.45) is 3.79. The summed E-state index contributed by atoms with van der Waals surface area (Å²) >= 11 is 0. The van der Waals surface area contributed by atoms with Crippen LogP contribution in [-0.2, 0) is 4.79 Å². The summed E-state index contributed by atoms with van der Waals surface area (Å²) < 4.78 is 0. The van der Waals surface area contributed by atoms with Crippen LogP contribution in [0, 0.1) is 10.1 Å². The molecule has 0 aromatic rings. The van der Waals surface area contributed by atoms with Gasteiger partial charge in [0.1, 0.15) is 0 Å². The van der Waals surface area contributed by atoms with Crippen LogP contribution in [0.3, 0.4) is 0 Å². The molecule has 1 fully saturated rings.